The predicted molar refractivity (Wildman–Crippen MR) is 98.6 cm³/mol. The maximum Gasteiger partial charge on any atom is 0.254 e. The van der Waals surface area contributed by atoms with Crippen molar-refractivity contribution in [2.24, 2.45) is 0 Å². The van der Waals surface area contributed by atoms with Gasteiger partial charge in [0.25, 0.3) is 5.91 Å². The summed E-state index contributed by atoms with van der Waals surface area (Å²) in [6, 6.07) is 7.74. The molecule has 1 amide bonds. The number of nitrogens with one attached hydrogen (secondary N) is 1. The van der Waals surface area contributed by atoms with Gasteiger partial charge >= 0.3 is 0 Å². The number of carbonyl (C=O) groups is 1. The minimum Gasteiger partial charge on any atom is -0.346 e. The minimum atomic E-state index is -0.155. The topological polar surface area (TPSA) is 59.8 Å². The van der Waals surface area contributed by atoms with Crippen molar-refractivity contribution in [3.05, 3.63) is 62.8 Å². The summed E-state index contributed by atoms with van der Waals surface area (Å²) in [5.74, 6) is 0.251. The quantitative estimate of drug-likeness (QED) is 0.694. The first-order valence-corrected chi connectivity index (χ1v) is 9.23. The molecule has 2 aromatic heterocycles. The number of benzene rings is 1. The van der Waals surface area contributed by atoms with Gasteiger partial charge in [0.15, 0.2) is 0 Å². The molecule has 0 saturated carbocycles. The Morgan fingerprint density at radius 1 is 1.33 bits per heavy atom. The zero-order valence-corrected chi connectivity index (χ0v) is 15.8. The first-order chi connectivity index (χ1) is 11.5. The molecule has 5 nitrogen and oxygen atoms in total. The van der Waals surface area contributed by atoms with Crippen molar-refractivity contribution < 1.29 is 4.79 Å². The van der Waals surface area contributed by atoms with Gasteiger partial charge in [-0.2, -0.15) is 5.10 Å². The Hall–Kier alpha value is -1.99. The molecule has 0 atom stereocenters. The highest BCUT2D eigenvalue weighted by molar-refractivity contribution is 9.10. The van der Waals surface area contributed by atoms with Crippen molar-refractivity contribution >= 4 is 33.2 Å². The molecule has 0 aliphatic carbocycles. The number of halogens is 1. The van der Waals surface area contributed by atoms with Gasteiger partial charge in [0, 0.05) is 22.0 Å². The maximum absolute atomic E-state index is 12.3. The zero-order chi connectivity index (χ0) is 17.1. The van der Waals surface area contributed by atoms with Gasteiger partial charge in [-0.25, -0.2) is 9.67 Å². The number of hydrogen-bond acceptors (Lipinski definition) is 4. The summed E-state index contributed by atoms with van der Waals surface area (Å²) >= 11 is 5.03. The van der Waals surface area contributed by atoms with E-state index in [4.69, 9.17) is 0 Å². The van der Waals surface area contributed by atoms with Crippen LogP contribution in [0.1, 0.15) is 40.8 Å². The molecular formula is C17H17BrN4OS. The second-order valence-electron chi connectivity index (χ2n) is 5.66. The molecule has 0 radical (unpaired) electrons. The molecule has 0 bridgehead atoms. The van der Waals surface area contributed by atoms with Gasteiger partial charge in [0.05, 0.1) is 34.7 Å². The van der Waals surface area contributed by atoms with Crippen molar-refractivity contribution in [3.63, 3.8) is 0 Å². The fourth-order valence-electron chi connectivity index (χ4n) is 2.12. The summed E-state index contributed by atoms with van der Waals surface area (Å²) in [5.41, 5.74) is 2.31. The van der Waals surface area contributed by atoms with E-state index in [0.29, 0.717) is 18.0 Å². The Morgan fingerprint density at radius 2 is 2.08 bits per heavy atom. The Balaban J connectivity index is 1.64. The van der Waals surface area contributed by atoms with E-state index in [9.17, 15) is 4.79 Å². The second kappa shape index (κ2) is 7.27. The first-order valence-electron chi connectivity index (χ1n) is 7.56. The summed E-state index contributed by atoms with van der Waals surface area (Å²) in [5, 5.41) is 10.2. The third kappa shape index (κ3) is 3.91. The zero-order valence-electron chi connectivity index (χ0n) is 13.4. The Kier molecular flexibility index (Phi) is 5.11. The maximum atomic E-state index is 12.3. The number of hydrogen-bond donors (Lipinski definition) is 1. The lowest BCUT2D eigenvalue weighted by Crippen LogP contribution is -2.22. The molecule has 0 saturated heterocycles. The van der Waals surface area contributed by atoms with Crippen LogP contribution in [0.3, 0.4) is 0 Å². The average molecular weight is 405 g/mol. The molecule has 7 heteroatoms. The third-order valence-electron chi connectivity index (χ3n) is 3.43. The van der Waals surface area contributed by atoms with E-state index in [0.717, 1.165) is 20.9 Å². The van der Waals surface area contributed by atoms with Crippen LogP contribution in [-0.2, 0) is 6.54 Å². The number of thiazole rings is 1. The van der Waals surface area contributed by atoms with Crippen LogP contribution in [0.25, 0.3) is 5.69 Å². The van der Waals surface area contributed by atoms with Crippen LogP contribution in [0.2, 0.25) is 0 Å². The van der Waals surface area contributed by atoms with Crippen molar-refractivity contribution in [1.29, 1.82) is 0 Å². The van der Waals surface area contributed by atoms with E-state index < -0.39 is 0 Å². The van der Waals surface area contributed by atoms with Gasteiger partial charge in [0.1, 0.15) is 0 Å². The molecule has 0 fully saturated rings. The molecule has 124 valence electrons. The Labute approximate surface area is 152 Å². The van der Waals surface area contributed by atoms with Crippen LogP contribution in [0.5, 0.6) is 0 Å². The molecule has 3 rings (SSSR count). The molecule has 0 unspecified atom stereocenters. The van der Waals surface area contributed by atoms with E-state index in [1.54, 1.807) is 28.4 Å². The highest BCUT2D eigenvalue weighted by atomic mass is 79.9. The van der Waals surface area contributed by atoms with Crippen LogP contribution >= 0.6 is 27.3 Å². The summed E-state index contributed by atoms with van der Waals surface area (Å²) < 4.78 is 2.68. The van der Waals surface area contributed by atoms with Crippen molar-refractivity contribution in [2.75, 3.05) is 0 Å². The van der Waals surface area contributed by atoms with Gasteiger partial charge in [-0.05, 0) is 24.3 Å². The van der Waals surface area contributed by atoms with E-state index in [2.05, 4.69) is 45.2 Å². The largest absolute Gasteiger partial charge is 0.346 e. The van der Waals surface area contributed by atoms with Crippen LogP contribution < -0.4 is 5.32 Å². The summed E-state index contributed by atoms with van der Waals surface area (Å²) in [6.07, 6.45) is 3.29. The fourth-order valence-corrected chi connectivity index (χ4v) is 3.22. The summed E-state index contributed by atoms with van der Waals surface area (Å²) in [7, 11) is 0. The average Bonchev–Trinajstić information content (AvgIpc) is 3.23. The van der Waals surface area contributed by atoms with Gasteiger partial charge in [-0.1, -0.05) is 29.8 Å². The monoisotopic (exact) mass is 404 g/mol. The number of aromatic nitrogens is 3. The van der Waals surface area contributed by atoms with Crippen LogP contribution in [0, 0.1) is 0 Å². The lowest BCUT2D eigenvalue weighted by molar-refractivity contribution is 0.0950. The van der Waals surface area contributed by atoms with Crippen molar-refractivity contribution in [3.8, 4) is 5.69 Å². The standard InChI is InChI=1S/C17H17BrN4OS/c1-11(2)17-21-14(10-24-17)8-19-16(23)12-7-20-22(9-12)15-5-3-13(18)4-6-15/h3-7,9-11H,8H2,1-2H3,(H,19,23). The highest BCUT2D eigenvalue weighted by Gasteiger charge is 2.11. The van der Waals surface area contributed by atoms with E-state index in [-0.39, 0.29) is 5.91 Å². The van der Waals surface area contributed by atoms with Gasteiger partial charge in [0.2, 0.25) is 0 Å². The molecule has 3 aromatic rings. The van der Waals surface area contributed by atoms with E-state index >= 15 is 0 Å². The number of carbonyl (C=O) groups excluding carboxylic acids is 1. The molecule has 24 heavy (non-hydrogen) atoms. The Bertz CT molecular complexity index is 838. The minimum absolute atomic E-state index is 0.155. The predicted octanol–water partition coefficient (Wildman–Crippen LogP) is 4.14. The summed E-state index contributed by atoms with van der Waals surface area (Å²) in [6.45, 7) is 4.64. The molecule has 1 aromatic carbocycles. The second-order valence-corrected chi connectivity index (χ2v) is 7.47. The van der Waals surface area contributed by atoms with Gasteiger partial charge in [-0.3, -0.25) is 4.79 Å². The summed E-state index contributed by atoms with van der Waals surface area (Å²) in [4.78, 5) is 16.8. The van der Waals surface area contributed by atoms with E-state index in [1.807, 2.05) is 29.6 Å². The molecular weight excluding hydrogens is 388 g/mol. The molecule has 0 aliphatic heterocycles. The Morgan fingerprint density at radius 3 is 2.75 bits per heavy atom. The molecule has 2 heterocycles. The molecule has 0 spiro atoms. The number of rotatable bonds is 5. The fraction of sp³-hybridized carbons (Fsp3) is 0.235. The lowest BCUT2D eigenvalue weighted by Gasteiger charge is -2.02. The normalized spacial score (nSPS) is 11.0. The van der Waals surface area contributed by atoms with Crippen LogP contribution in [0.15, 0.2) is 46.5 Å². The molecule has 1 N–H and O–H groups in total. The first kappa shape index (κ1) is 16.9. The number of amides is 1. The van der Waals surface area contributed by atoms with E-state index in [1.165, 1.54) is 0 Å². The lowest BCUT2D eigenvalue weighted by atomic mass is 10.2. The van der Waals surface area contributed by atoms with Gasteiger partial charge < -0.3 is 5.32 Å². The van der Waals surface area contributed by atoms with Crippen LogP contribution in [0.4, 0.5) is 0 Å². The van der Waals surface area contributed by atoms with Crippen LogP contribution in [-0.4, -0.2) is 20.7 Å². The molecule has 0 aliphatic rings. The highest BCUT2D eigenvalue weighted by Crippen LogP contribution is 2.19. The third-order valence-corrected chi connectivity index (χ3v) is 5.15. The van der Waals surface area contributed by atoms with Crippen molar-refractivity contribution in [2.45, 2.75) is 26.3 Å². The van der Waals surface area contributed by atoms with Crippen molar-refractivity contribution in [1.82, 2.24) is 20.1 Å². The SMILES string of the molecule is CC(C)c1nc(CNC(=O)c2cnn(-c3ccc(Br)cc3)c2)cs1. The number of nitrogens with zero attached hydrogens (tertiary/aromatic N) is 3. The smallest absolute Gasteiger partial charge is 0.254 e. The van der Waals surface area contributed by atoms with Gasteiger partial charge in [-0.15, -0.1) is 11.3 Å².